The van der Waals surface area contributed by atoms with Crippen LogP contribution in [0.1, 0.15) is 37.9 Å². The van der Waals surface area contributed by atoms with Gasteiger partial charge in [-0.3, -0.25) is 19.2 Å². The van der Waals surface area contributed by atoms with Gasteiger partial charge in [-0.2, -0.15) is 13.2 Å². The lowest BCUT2D eigenvalue weighted by Crippen LogP contribution is -2.51. The summed E-state index contributed by atoms with van der Waals surface area (Å²) in [6.45, 7) is 0. The minimum Gasteiger partial charge on any atom is -0.349 e. The molecule has 0 unspecified atom stereocenters. The molecule has 0 N–H and O–H groups in total. The largest absolute Gasteiger partial charge is 0.416 e. The van der Waals surface area contributed by atoms with E-state index >= 15 is 0 Å². The Morgan fingerprint density at radius 2 is 1.47 bits per heavy atom. The Bertz CT molecular complexity index is 1550. The summed E-state index contributed by atoms with van der Waals surface area (Å²) < 4.78 is 46.4. The SMILES string of the molecule is O=C1[C@@H]2[C@@H](C(=O)N1c1cccc(C(F)(F)F)c1)C1(O[C@H]2c2ccc(Cl)cc2Cl)C(=O)c2ccccc2C1=O. The average molecular weight is 560 g/mol. The first-order valence-electron chi connectivity index (χ1n) is 11.3. The maximum atomic E-state index is 13.9. The fourth-order valence-electron chi connectivity index (χ4n) is 5.61. The van der Waals surface area contributed by atoms with Crippen LogP contribution >= 0.6 is 23.2 Å². The zero-order chi connectivity index (χ0) is 27.1. The highest BCUT2D eigenvalue weighted by molar-refractivity contribution is 6.37. The predicted molar refractivity (Wildman–Crippen MR) is 129 cm³/mol. The number of hydrogen-bond acceptors (Lipinski definition) is 5. The highest BCUT2D eigenvalue weighted by atomic mass is 35.5. The smallest absolute Gasteiger partial charge is 0.349 e. The standard InChI is InChI=1S/C27H14Cl2F3NO5/c28-13-8-9-17(18(29)11-13)21-19-20(26(38-21)22(34)15-6-1-2-7-16(15)23(26)35)25(37)33(24(19)36)14-5-3-4-12(10-14)27(30,31)32/h1-11,19-21H/t19-,20+,21+/m1/s1. The van der Waals surface area contributed by atoms with Gasteiger partial charge in [0, 0.05) is 26.7 Å². The lowest BCUT2D eigenvalue weighted by Gasteiger charge is -2.27. The van der Waals surface area contributed by atoms with E-state index in [9.17, 15) is 32.3 Å². The van der Waals surface area contributed by atoms with E-state index in [0.29, 0.717) is 11.0 Å². The topological polar surface area (TPSA) is 80.8 Å². The fraction of sp³-hybridized carbons (Fsp3) is 0.185. The molecule has 3 aromatic carbocycles. The molecule has 192 valence electrons. The number of alkyl halides is 3. The molecule has 6 nitrogen and oxygen atoms in total. The average Bonchev–Trinajstić information content (AvgIpc) is 3.43. The van der Waals surface area contributed by atoms with Gasteiger partial charge < -0.3 is 4.74 Å². The Kier molecular flexibility index (Phi) is 5.37. The number of rotatable bonds is 2. The van der Waals surface area contributed by atoms with Gasteiger partial charge in [0.25, 0.3) is 0 Å². The van der Waals surface area contributed by atoms with Crippen molar-refractivity contribution < 1.29 is 37.1 Å². The van der Waals surface area contributed by atoms with Crippen molar-refractivity contribution in [2.24, 2.45) is 11.8 Å². The Balaban J connectivity index is 1.54. The van der Waals surface area contributed by atoms with Crippen molar-refractivity contribution in [3.05, 3.63) is 99.0 Å². The summed E-state index contributed by atoms with van der Waals surface area (Å²) in [6.07, 6.45) is -6.07. The molecule has 3 aromatic rings. The first-order valence-corrected chi connectivity index (χ1v) is 12.1. The van der Waals surface area contributed by atoms with Crippen LogP contribution in [0.5, 0.6) is 0 Å². The van der Waals surface area contributed by atoms with Crippen LogP contribution in [0.25, 0.3) is 0 Å². The van der Waals surface area contributed by atoms with Gasteiger partial charge in [0.1, 0.15) is 0 Å². The highest BCUT2D eigenvalue weighted by Gasteiger charge is 2.75. The van der Waals surface area contributed by atoms with Crippen LogP contribution in [0.2, 0.25) is 10.0 Å². The van der Waals surface area contributed by atoms with E-state index in [1.165, 1.54) is 36.4 Å². The molecule has 2 heterocycles. The van der Waals surface area contributed by atoms with E-state index in [2.05, 4.69) is 0 Å². The third kappa shape index (κ3) is 3.25. The lowest BCUT2D eigenvalue weighted by molar-refractivity contribution is -0.137. The summed E-state index contributed by atoms with van der Waals surface area (Å²) >= 11 is 12.4. The van der Waals surface area contributed by atoms with E-state index in [1.807, 2.05) is 0 Å². The molecule has 0 radical (unpaired) electrons. The maximum absolute atomic E-state index is 13.9. The summed E-state index contributed by atoms with van der Waals surface area (Å²) in [5, 5.41) is 0.328. The van der Waals surface area contributed by atoms with Crippen LogP contribution in [0.4, 0.5) is 18.9 Å². The Morgan fingerprint density at radius 3 is 2.08 bits per heavy atom. The van der Waals surface area contributed by atoms with Crippen LogP contribution in [0.15, 0.2) is 66.7 Å². The molecule has 0 saturated carbocycles. The second kappa shape index (κ2) is 8.23. The molecule has 2 amide bonds. The number of ketones is 2. The summed E-state index contributed by atoms with van der Waals surface area (Å²) in [5.74, 6) is -6.57. The van der Waals surface area contributed by atoms with E-state index in [1.54, 1.807) is 12.1 Å². The van der Waals surface area contributed by atoms with Gasteiger partial charge in [-0.25, -0.2) is 4.90 Å². The molecule has 3 atom stereocenters. The second-order valence-corrected chi connectivity index (χ2v) is 10.1. The zero-order valence-electron chi connectivity index (χ0n) is 19.0. The first kappa shape index (κ1) is 24.8. The molecule has 38 heavy (non-hydrogen) atoms. The molecule has 2 saturated heterocycles. The zero-order valence-corrected chi connectivity index (χ0v) is 20.5. The molecule has 11 heteroatoms. The molecule has 1 spiro atoms. The number of benzene rings is 3. The Morgan fingerprint density at radius 1 is 0.816 bits per heavy atom. The molecular weight excluding hydrogens is 546 g/mol. The monoisotopic (exact) mass is 559 g/mol. The summed E-state index contributed by atoms with van der Waals surface area (Å²) in [7, 11) is 0. The van der Waals surface area contributed by atoms with Crippen LogP contribution in [0.3, 0.4) is 0 Å². The molecule has 0 bridgehead atoms. The minimum absolute atomic E-state index is 0.0249. The number of Topliss-reactive ketones (excluding diaryl/α,β-unsaturated/α-hetero) is 2. The van der Waals surface area contributed by atoms with E-state index in [4.69, 9.17) is 27.9 Å². The third-order valence-electron chi connectivity index (χ3n) is 7.22. The lowest BCUT2D eigenvalue weighted by atomic mass is 9.77. The number of fused-ring (bicyclic) bond motifs is 3. The summed E-state index contributed by atoms with van der Waals surface area (Å²) in [4.78, 5) is 55.7. The number of imide groups is 1. The number of carbonyl (C=O) groups excluding carboxylic acids is 4. The van der Waals surface area contributed by atoms with E-state index < -0.39 is 58.7 Å². The van der Waals surface area contributed by atoms with Crippen molar-refractivity contribution in [1.82, 2.24) is 0 Å². The number of halogens is 5. The summed E-state index contributed by atoms with van der Waals surface area (Å²) in [6, 6.07) is 13.9. The molecule has 6 rings (SSSR count). The van der Waals surface area contributed by atoms with Crippen LogP contribution in [-0.2, 0) is 20.5 Å². The van der Waals surface area contributed by atoms with Gasteiger partial charge in [0.2, 0.25) is 29.0 Å². The Labute approximate surface area is 222 Å². The van der Waals surface area contributed by atoms with Gasteiger partial charge in [-0.05, 0) is 30.3 Å². The Hall–Kier alpha value is -3.53. The van der Waals surface area contributed by atoms with E-state index in [-0.39, 0.29) is 32.4 Å². The van der Waals surface area contributed by atoms with Crippen LogP contribution < -0.4 is 4.90 Å². The van der Waals surface area contributed by atoms with Gasteiger partial charge in [0.05, 0.1) is 29.2 Å². The number of ether oxygens (including phenoxy) is 1. The number of anilines is 1. The van der Waals surface area contributed by atoms with Gasteiger partial charge >= 0.3 is 6.18 Å². The molecule has 1 aliphatic carbocycles. The highest BCUT2D eigenvalue weighted by Crippen LogP contribution is 2.58. The van der Waals surface area contributed by atoms with Gasteiger partial charge in [-0.1, -0.05) is 59.6 Å². The summed E-state index contributed by atoms with van der Waals surface area (Å²) in [5.41, 5.74) is -3.54. The quantitative estimate of drug-likeness (QED) is 0.297. The molecule has 3 aliphatic rings. The molecule has 2 aliphatic heterocycles. The maximum Gasteiger partial charge on any atom is 0.416 e. The normalized spacial score (nSPS) is 23.9. The first-order chi connectivity index (χ1) is 18.0. The van der Waals surface area contributed by atoms with Crippen molar-refractivity contribution in [3.63, 3.8) is 0 Å². The predicted octanol–water partition coefficient (Wildman–Crippen LogP) is 5.71. The van der Waals surface area contributed by atoms with Crippen molar-refractivity contribution in [2.45, 2.75) is 17.9 Å². The molecule has 2 fully saturated rings. The molecule has 0 aromatic heterocycles. The fourth-order valence-corrected chi connectivity index (χ4v) is 6.12. The van der Waals surface area contributed by atoms with Crippen LogP contribution in [-0.4, -0.2) is 29.0 Å². The second-order valence-electron chi connectivity index (χ2n) is 9.21. The number of carbonyl (C=O) groups is 4. The van der Waals surface area contributed by atoms with Gasteiger partial charge in [0.15, 0.2) is 0 Å². The third-order valence-corrected chi connectivity index (χ3v) is 7.78. The van der Waals surface area contributed by atoms with Crippen molar-refractivity contribution in [1.29, 1.82) is 0 Å². The number of amides is 2. The number of hydrogen-bond donors (Lipinski definition) is 0. The van der Waals surface area contributed by atoms with Crippen molar-refractivity contribution in [3.8, 4) is 0 Å². The van der Waals surface area contributed by atoms with Gasteiger partial charge in [-0.15, -0.1) is 0 Å². The van der Waals surface area contributed by atoms with Crippen molar-refractivity contribution in [2.75, 3.05) is 4.90 Å². The van der Waals surface area contributed by atoms with Crippen LogP contribution in [0, 0.1) is 11.8 Å². The molecular formula is C27H14Cl2F3NO5. The van der Waals surface area contributed by atoms with E-state index in [0.717, 1.165) is 12.1 Å². The number of nitrogens with zero attached hydrogens (tertiary/aromatic N) is 1. The van der Waals surface area contributed by atoms with Crippen molar-refractivity contribution >= 4 is 52.3 Å². The minimum atomic E-state index is -4.74.